The lowest BCUT2D eigenvalue weighted by Gasteiger charge is -2.25. The summed E-state index contributed by atoms with van der Waals surface area (Å²) >= 11 is 0. The van der Waals surface area contributed by atoms with Gasteiger partial charge in [-0.3, -0.25) is 13.9 Å². The number of hydrogen-bond acceptors (Lipinski definition) is 4. The maximum Gasteiger partial charge on any atom is 0.333 e. The Morgan fingerprint density at radius 2 is 1.88 bits per heavy atom. The minimum absolute atomic E-state index is 0.187. The fourth-order valence-electron chi connectivity index (χ4n) is 3.47. The number of aromatic amines is 1. The van der Waals surface area contributed by atoms with Gasteiger partial charge in [-0.15, -0.1) is 0 Å². The Morgan fingerprint density at radius 1 is 1.17 bits per heavy atom. The number of nitrogens with one attached hydrogen (secondary N) is 2. The van der Waals surface area contributed by atoms with E-state index in [1.807, 2.05) is 26.0 Å². The van der Waals surface area contributed by atoms with Crippen LogP contribution in [0, 0.1) is 0 Å². The Kier molecular flexibility index (Phi) is 3.96. The van der Waals surface area contributed by atoms with E-state index < -0.39 is 17.3 Å². The molecule has 7 heteroatoms. The third kappa shape index (κ3) is 2.16. The van der Waals surface area contributed by atoms with Crippen LogP contribution in [0.5, 0.6) is 5.88 Å². The molecule has 0 saturated carbocycles. The fourth-order valence-corrected chi connectivity index (χ4v) is 3.47. The molecule has 3 rings (SSSR count). The maximum atomic E-state index is 12.6. The second-order valence-electron chi connectivity index (χ2n) is 6.00. The van der Waals surface area contributed by atoms with Gasteiger partial charge in [0.25, 0.3) is 5.56 Å². The first-order valence-corrected chi connectivity index (χ1v) is 7.98. The molecule has 24 heavy (non-hydrogen) atoms. The summed E-state index contributed by atoms with van der Waals surface area (Å²) in [7, 11) is 2.87. The third-order valence-electron chi connectivity index (χ3n) is 4.76. The highest BCUT2D eigenvalue weighted by Crippen LogP contribution is 2.27. The molecule has 0 spiro atoms. The molecular weight excluding hydrogens is 308 g/mol. The number of aromatic hydroxyl groups is 1. The van der Waals surface area contributed by atoms with Gasteiger partial charge in [0, 0.05) is 31.7 Å². The normalized spacial score (nSPS) is 18.9. The Balaban J connectivity index is 2.36. The van der Waals surface area contributed by atoms with Crippen molar-refractivity contribution in [2.75, 3.05) is 6.54 Å². The van der Waals surface area contributed by atoms with Crippen LogP contribution in [-0.4, -0.2) is 25.8 Å². The van der Waals surface area contributed by atoms with Crippen LogP contribution in [0.15, 0.2) is 9.59 Å². The monoisotopic (exact) mass is 330 g/mol. The van der Waals surface area contributed by atoms with Crippen LogP contribution in [0.2, 0.25) is 0 Å². The molecule has 0 amide bonds. The summed E-state index contributed by atoms with van der Waals surface area (Å²) in [5, 5.41) is 15.8. The predicted octanol–water partition coefficient (Wildman–Crippen LogP) is -1.05. The minimum Gasteiger partial charge on any atom is -0.494 e. The zero-order valence-corrected chi connectivity index (χ0v) is 14.3. The number of rotatable bonds is 1. The molecule has 1 aliphatic rings. The van der Waals surface area contributed by atoms with Crippen LogP contribution in [-0.2, 0) is 20.5 Å². The second-order valence-corrected chi connectivity index (χ2v) is 6.00. The first kappa shape index (κ1) is 16.3. The van der Waals surface area contributed by atoms with Gasteiger partial charge in [-0.05, 0) is 31.1 Å². The van der Waals surface area contributed by atoms with Crippen molar-refractivity contribution in [2.24, 2.45) is 14.1 Å². The van der Waals surface area contributed by atoms with E-state index in [0.29, 0.717) is 6.54 Å². The van der Waals surface area contributed by atoms with Crippen molar-refractivity contribution in [1.82, 2.24) is 19.4 Å². The molecule has 3 N–H and O–H groups in total. The van der Waals surface area contributed by atoms with Crippen LogP contribution < -0.4 is 27.1 Å². The second kappa shape index (κ2) is 5.83. The van der Waals surface area contributed by atoms with Crippen LogP contribution in [0.25, 0.3) is 12.2 Å². The Morgan fingerprint density at radius 3 is 2.50 bits per heavy atom. The van der Waals surface area contributed by atoms with Crippen molar-refractivity contribution in [1.29, 1.82) is 0 Å². The molecule has 1 unspecified atom stereocenters. The molecule has 0 bridgehead atoms. The standard InChI is InChI=1S/C17H22N4O3/c1-5-9-10-7-8-18-14(13(10)19-11(9)6-2)12-15(22)20(3)17(24)21(4)16(12)23/h5-6,14,18-19,22H,7-8H2,1-4H3/b9-5-,11-6?. The molecule has 3 heterocycles. The van der Waals surface area contributed by atoms with E-state index in [2.05, 4.69) is 10.3 Å². The van der Waals surface area contributed by atoms with Crippen molar-refractivity contribution in [3.63, 3.8) is 0 Å². The van der Waals surface area contributed by atoms with Crippen LogP contribution >= 0.6 is 0 Å². The average Bonchev–Trinajstić information content (AvgIpc) is 2.97. The zero-order chi connectivity index (χ0) is 17.6. The largest absolute Gasteiger partial charge is 0.494 e. The fraction of sp³-hybridized carbons (Fsp3) is 0.412. The summed E-state index contributed by atoms with van der Waals surface area (Å²) in [4.78, 5) is 28.0. The molecule has 2 aromatic rings. The zero-order valence-electron chi connectivity index (χ0n) is 14.3. The lowest BCUT2D eigenvalue weighted by molar-refractivity contribution is 0.390. The number of fused-ring (bicyclic) bond motifs is 1. The molecule has 0 aliphatic carbocycles. The van der Waals surface area contributed by atoms with Gasteiger partial charge in [0.15, 0.2) is 0 Å². The van der Waals surface area contributed by atoms with E-state index >= 15 is 0 Å². The molecule has 1 aliphatic heterocycles. The van der Waals surface area contributed by atoms with Gasteiger partial charge in [0.05, 0.1) is 6.04 Å². The van der Waals surface area contributed by atoms with Crippen LogP contribution in [0.4, 0.5) is 0 Å². The van der Waals surface area contributed by atoms with E-state index in [9.17, 15) is 14.7 Å². The van der Waals surface area contributed by atoms with Crippen molar-refractivity contribution < 1.29 is 5.11 Å². The Bertz CT molecular complexity index is 1040. The number of H-pyrrole nitrogens is 1. The maximum absolute atomic E-state index is 12.6. The van der Waals surface area contributed by atoms with Crippen molar-refractivity contribution in [3.8, 4) is 5.88 Å². The molecule has 7 nitrogen and oxygen atoms in total. The quantitative estimate of drug-likeness (QED) is 0.622. The highest BCUT2D eigenvalue weighted by Gasteiger charge is 2.30. The highest BCUT2D eigenvalue weighted by molar-refractivity contribution is 5.43. The summed E-state index contributed by atoms with van der Waals surface area (Å²) in [6, 6.07) is -0.480. The summed E-state index contributed by atoms with van der Waals surface area (Å²) in [6.07, 6.45) is 4.87. The first-order valence-electron chi connectivity index (χ1n) is 7.98. The molecule has 2 aromatic heterocycles. The van der Waals surface area contributed by atoms with Gasteiger partial charge < -0.3 is 15.4 Å². The van der Waals surface area contributed by atoms with Gasteiger partial charge >= 0.3 is 5.69 Å². The van der Waals surface area contributed by atoms with E-state index in [0.717, 1.165) is 37.4 Å². The molecule has 0 fully saturated rings. The van der Waals surface area contributed by atoms with Gasteiger partial charge in [0.1, 0.15) is 5.56 Å². The topological polar surface area (TPSA) is 92.0 Å². The van der Waals surface area contributed by atoms with Gasteiger partial charge in [-0.2, -0.15) is 0 Å². The molecular formula is C17H22N4O3. The molecule has 0 radical (unpaired) electrons. The predicted molar refractivity (Wildman–Crippen MR) is 92.5 cm³/mol. The smallest absolute Gasteiger partial charge is 0.333 e. The van der Waals surface area contributed by atoms with Gasteiger partial charge in [-0.25, -0.2) is 4.79 Å². The number of nitrogens with zero attached hydrogens (tertiary/aromatic N) is 2. The first-order chi connectivity index (χ1) is 11.4. The molecule has 0 aromatic carbocycles. The van der Waals surface area contributed by atoms with Gasteiger partial charge in [0.2, 0.25) is 5.88 Å². The third-order valence-corrected chi connectivity index (χ3v) is 4.76. The van der Waals surface area contributed by atoms with E-state index in [1.54, 1.807) is 0 Å². The van der Waals surface area contributed by atoms with Crippen LogP contribution in [0.3, 0.4) is 0 Å². The lowest BCUT2D eigenvalue weighted by atomic mass is 9.96. The van der Waals surface area contributed by atoms with Crippen molar-refractivity contribution >= 4 is 12.2 Å². The van der Waals surface area contributed by atoms with Crippen LogP contribution in [0.1, 0.15) is 36.7 Å². The molecule has 128 valence electrons. The molecule has 1 atom stereocenters. The summed E-state index contributed by atoms with van der Waals surface area (Å²) < 4.78 is 2.11. The van der Waals surface area contributed by atoms with E-state index in [-0.39, 0.29) is 11.4 Å². The van der Waals surface area contributed by atoms with Crippen molar-refractivity contribution in [2.45, 2.75) is 26.3 Å². The number of aromatic nitrogens is 3. The minimum atomic E-state index is -0.547. The number of hydrogen-bond donors (Lipinski definition) is 3. The van der Waals surface area contributed by atoms with E-state index in [4.69, 9.17) is 0 Å². The summed E-state index contributed by atoms with van der Waals surface area (Å²) in [6.45, 7) is 4.62. The SMILES string of the molecule is CC=c1[nH]c2c(/c1=C/C)CCNC2c1c(O)n(C)c(=O)n(C)c1=O. The highest BCUT2D eigenvalue weighted by atomic mass is 16.3. The summed E-state index contributed by atoms with van der Waals surface area (Å²) in [5.41, 5.74) is 1.17. The Hall–Kier alpha value is -2.54. The van der Waals surface area contributed by atoms with E-state index in [1.165, 1.54) is 14.1 Å². The average molecular weight is 330 g/mol. The lowest BCUT2D eigenvalue weighted by Crippen LogP contribution is -2.43. The van der Waals surface area contributed by atoms with Gasteiger partial charge in [-0.1, -0.05) is 12.2 Å². The summed E-state index contributed by atoms with van der Waals surface area (Å²) in [5.74, 6) is -0.299. The molecule has 0 saturated heterocycles. The van der Waals surface area contributed by atoms with Crippen molar-refractivity contribution in [3.05, 3.63) is 48.2 Å². The Labute approximate surface area is 138 Å².